The Bertz CT molecular complexity index is 786. The maximum atomic E-state index is 12.3. The molecule has 2 aromatic carbocycles. The zero-order valence-electron chi connectivity index (χ0n) is 12.0. The van der Waals surface area contributed by atoms with Crippen molar-refractivity contribution < 1.29 is 17.9 Å². The number of nitriles is 1. The first-order chi connectivity index (χ1) is 10.5. The lowest BCUT2D eigenvalue weighted by Crippen LogP contribution is -2.13. The molecule has 0 aliphatic heterocycles. The van der Waals surface area contributed by atoms with E-state index in [1.807, 2.05) is 6.07 Å². The van der Waals surface area contributed by atoms with Crippen molar-refractivity contribution in [1.82, 2.24) is 0 Å². The van der Waals surface area contributed by atoms with Crippen LogP contribution in [0, 0.1) is 11.3 Å². The monoisotopic (exact) mass is 318 g/mol. The highest BCUT2D eigenvalue weighted by Crippen LogP contribution is 2.27. The summed E-state index contributed by atoms with van der Waals surface area (Å²) < 4.78 is 37.3. The number of rotatable bonds is 5. The molecule has 0 radical (unpaired) electrons. The lowest BCUT2D eigenvalue weighted by molar-refractivity contribution is 0.395. The summed E-state index contributed by atoms with van der Waals surface area (Å²) in [6, 6.07) is 12.3. The Morgan fingerprint density at radius 1 is 1.00 bits per heavy atom. The number of nitrogens with one attached hydrogen (secondary N) is 1. The van der Waals surface area contributed by atoms with E-state index >= 15 is 0 Å². The van der Waals surface area contributed by atoms with E-state index in [4.69, 9.17) is 14.7 Å². The first kappa shape index (κ1) is 15.7. The van der Waals surface area contributed by atoms with Crippen molar-refractivity contribution in [2.45, 2.75) is 4.90 Å². The van der Waals surface area contributed by atoms with E-state index in [1.165, 1.54) is 38.5 Å². The van der Waals surface area contributed by atoms with Crippen molar-refractivity contribution >= 4 is 15.7 Å². The number of ether oxygens (including phenoxy) is 2. The highest BCUT2D eigenvalue weighted by Gasteiger charge is 2.15. The third-order valence-electron chi connectivity index (χ3n) is 2.90. The van der Waals surface area contributed by atoms with Crippen LogP contribution in [-0.4, -0.2) is 22.6 Å². The molecule has 0 heterocycles. The number of hydrogen-bond donors (Lipinski definition) is 1. The van der Waals surface area contributed by atoms with E-state index in [0.717, 1.165) is 0 Å². The van der Waals surface area contributed by atoms with Crippen LogP contribution < -0.4 is 14.2 Å². The smallest absolute Gasteiger partial charge is 0.261 e. The van der Waals surface area contributed by atoms with Gasteiger partial charge in [0.2, 0.25) is 0 Å². The molecule has 22 heavy (non-hydrogen) atoms. The van der Waals surface area contributed by atoms with Gasteiger partial charge in [0.25, 0.3) is 10.0 Å². The van der Waals surface area contributed by atoms with Gasteiger partial charge in [-0.15, -0.1) is 0 Å². The van der Waals surface area contributed by atoms with E-state index < -0.39 is 10.0 Å². The predicted octanol–water partition coefficient (Wildman–Crippen LogP) is 2.38. The predicted molar refractivity (Wildman–Crippen MR) is 81.5 cm³/mol. The number of anilines is 1. The molecule has 114 valence electrons. The van der Waals surface area contributed by atoms with Crippen LogP contribution in [0.15, 0.2) is 47.4 Å². The van der Waals surface area contributed by atoms with Crippen LogP contribution in [0.5, 0.6) is 11.5 Å². The topological polar surface area (TPSA) is 88.4 Å². The molecule has 0 atom stereocenters. The quantitative estimate of drug-likeness (QED) is 0.914. The molecule has 0 amide bonds. The van der Waals surface area contributed by atoms with Crippen molar-refractivity contribution in [2.75, 3.05) is 18.9 Å². The zero-order valence-corrected chi connectivity index (χ0v) is 12.8. The SMILES string of the molecule is COc1cc(NS(=O)(=O)c2ccc(C#N)cc2)cc(OC)c1. The molecular formula is C15H14N2O4S. The maximum absolute atomic E-state index is 12.3. The van der Waals surface area contributed by atoms with Crippen molar-refractivity contribution in [3.8, 4) is 17.6 Å². The molecule has 0 saturated heterocycles. The molecule has 6 nitrogen and oxygen atoms in total. The molecule has 2 rings (SSSR count). The van der Waals surface area contributed by atoms with Crippen molar-refractivity contribution in [3.05, 3.63) is 48.0 Å². The minimum atomic E-state index is -3.76. The molecule has 2 aromatic rings. The van der Waals surface area contributed by atoms with Gasteiger partial charge in [-0.05, 0) is 24.3 Å². The van der Waals surface area contributed by atoms with Gasteiger partial charge in [0, 0.05) is 18.2 Å². The van der Waals surface area contributed by atoms with Gasteiger partial charge >= 0.3 is 0 Å². The fourth-order valence-corrected chi connectivity index (χ4v) is 2.83. The second kappa shape index (κ2) is 6.37. The van der Waals surface area contributed by atoms with Crippen LogP contribution in [0.25, 0.3) is 0 Å². The van der Waals surface area contributed by atoms with Gasteiger partial charge in [0.1, 0.15) is 11.5 Å². The molecule has 0 aliphatic carbocycles. The Hall–Kier alpha value is -2.72. The number of sulfonamides is 1. The summed E-state index contributed by atoms with van der Waals surface area (Å²) in [4.78, 5) is 0.0632. The molecule has 0 saturated carbocycles. The molecule has 0 aliphatic rings. The van der Waals surface area contributed by atoms with Crippen LogP contribution >= 0.6 is 0 Å². The first-order valence-electron chi connectivity index (χ1n) is 6.24. The molecule has 0 bridgehead atoms. The summed E-state index contributed by atoms with van der Waals surface area (Å²) in [5.74, 6) is 0.939. The number of hydrogen-bond acceptors (Lipinski definition) is 5. The summed E-state index contributed by atoms with van der Waals surface area (Å²) in [6.07, 6.45) is 0. The first-order valence-corrected chi connectivity index (χ1v) is 7.73. The molecule has 1 N–H and O–H groups in total. The maximum Gasteiger partial charge on any atom is 0.261 e. The van der Waals surface area contributed by atoms with Crippen molar-refractivity contribution in [1.29, 1.82) is 5.26 Å². The average molecular weight is 318 g/mol. The third kappa shape index (κ3) is 3.48. The lowest BCUT2D eigenvalue weighted by Gasteiger charge is -2.11. The van der Waals surface area contributed by atoms with Crippen LogP contribution in [0.2, 0.25) is 0 Å². The van der Waals surface area contributed by atoms with Crippen molar-refractivity contribution in [2.24, 2.45) is 0 Å². The largest absolute Gasteiger partial charge is 0.497 e. The number of benzene rings is 2. The van der Waals surface area contributed by atoms with Gasteiger partial charge in [0.05, 0.1) is 36.4 Å². The van der Waals surface area contributed by atoms with E-state index in [2.05, 4.69) is 4.72 Å². The summed E-state index contributed by atoms with van der Waals surface area (Å²) in [5, 5.41) is 8.74. The van der Waals surface area contributed by atoms with Gasteiger partial charge in [-0.3, -0.25) is 4.72 Å². The lowest BCUT2D eigenvalue weighted by atomic mass is 10.2. The van der Waals surface area contributed by atoms with Gasteiger partial charge in [-0.25, -0.2) is 8.42 Å². The summed E-state index contributed by atoms with van der Waals surface area (Å²) in [7, 11) is -0.799. The average Bonchev–Trinajstić information content (AvgIpc) is 2.54. The van der Waals surface area contributed by atoms with Crippen molar-refractivity contribution in [3.63, 3.8) is 0 Å². The Morgan fingerprint density at radius 3 is 2.00 bits per heavy atom. The van der Waals surface area contributed by atoms with Crippen LogP contribution in [0.1, 0.15) is 5.56 Å². The fourth-order valence-electron chi connectivity index (χ4n) is 1.79. The van der Waals surface area contributed by atoms with E-state index in [9.17, 15) is 8.42 Å². The summed E-state index contributed by atoms with van der Waals surface area (Å²) in [6.45, 7) is 0. The summed E-state index contributed by atoms with van der Waals surface area (Å²) >= 11 is 0. The highest BCUT2D eigenvalue weighted by atomic mass is 32.2. The summed E-state index contributed by atoms with van der Waals surface area (Å²) in [5.41, 5.74) is 0.711. The van der Waals surface area contributed by atoms with Gasteiger partial charge < -0.3 is 9.47 Å². The second-order valence-corrected chi connectivity index (χ2v) is 6.03. The number of nitrogens with zero attached hydrogens (tertiary/aromatic N) is 1. The van der Waals surface area contributed by atoms with Gasteiger partial charge in [-0.1, -0.05) is 0 Å². The van der Waals surface area contributed by atoms with Gasteiger partial charge in [-0.2, -0.15) is 5.26 Å². The van der Waals surface area contributed by atoms with Crippen LogP contribution in [0.3, 0.4) is 0 Å². The molecule has 0 fully saturated rings. The molecule has 7 heteroatoms. The Kier molecular flexibility index (Phi) is 4.53. The number of methoxy groups -OCH3 is 2. The third-order valence-corrected chi connectivity index (χ3v) is 4.29. The van der Waals surface area contributed by atoms with E-state index in [1.54, 1.807) is 18.2 Å². The normalized spacial score (nSPS) is 10.6. The Morgan fingerprint density at radius 2 is 1.55 bits per heavy atom. The highest BCUT2D eigenvalue weighted by molar-refractivity contribution is 7.92. The Balaban J connectivity index is 2.33. The van der Waals surface area contributed by atoms with E-state index in [-0.39, 0.29) is 4.90 Å². The molecule has 0 spiro atoms. The molecule has 0 unspecified atom stereocenters. The standard InChI is InChI=1S/C15H14N2O4S/c1-20-13-7-12(8-14(9-13)21-2)17-22(18,19)15-5-3-11(10-16)4-6-15/h3-9,17H,1-2H3. The van der Waals surface area contributed by atoms with Crippen LogP contribution in [0.4, 0.5) is 5.69 Å². The second-order valence-electron chi connectivity index (χ2n) is 4.34. The minimum Gasteiger partial charge on any atom is -0.497 e. The van der Waals surface area contributed by atoms with Crippen LogP contribution in [-0.2, 0) is 10.0 Å². The fraction of sp³-hybridized carbons (Fsp3) is 0.133. The molecular weight excluding hydrogens is 304 g/mol. The Labute approximate surface area is 129 Å². The molecule has 0 aromatic heterocycles. The minimum absolute atomic E-state index is 0.0632. The van der Waals surface area contributed by atoms with Gasteiger partial charge in [0.15, 0.2) is 0 Å². The zero-order chi connectivity index (χ0) is 16.2. The van der Waals surface area contributed by atoms with E-state index in [0.29, 0.717) is 22.7 Å².